The molecule has 1 aliphatic rings. The van der Waals surface area contributed by atoms with Crippen LogP contribution in [0.1, 0.15) is 41.3 Å². The van der Waals surface area contributed by atoms with E-state index in [4.69, 9.17) is 4.74 Å². The van der Waals surface area contributed by atoms with E-state index in [1.54, 1.807) is 16.0 Å². The van der Waals surface area contributed by atoms with E-state index in [2.05, 4.69) is 25.5 Å². The Kier molecular flexibility index (Phi) is 4.80. The minimum absolute atomic E-state index is 0.0796. The second kappa shape index (κ2) is 7.09. The van der Waals surface area contributed by atoms with Gasteiger partial charge < -0.3 is 9.72 Å². The molecule has 3 aromatic rings. The normalized spacial score (nSPS) is 18.7. The van der Waals surface area contributed by atoms with Gasteiger partial charge >= 0.3 is 0 Å². The van der Waals surface area contributed by atoms with Crippen LogP contribution in [0.15, 0.2) is 9.95 Å². The summed E-state index contributed by atoms with van der Waals surface area (Å²) in [5.74, 6) is 0.639. The van der Waals surface area contributed by atoms with Gasteiger partial charge in [0, 0.05) is 11.5 Å². The van der Waals surface area contributed by atoms with Crippen molar-refractivity contribution in [1.82, 2.24) is 30.2 Å². The molecular weight excluding hydrogens is 372 g/mol. The zero-order valence-electron chi connectivity index (χ0n) is 14.9. The molecule has 1 saturated heterocycles. The number of fused-ring (bicyclic) bond motifs is 1. The van der Waals surface area contributed by atoms with E-state index in [1.165, 1.54) is 11.8 Å². The lowest BCUT2D eigenvalue weighted by molar-refractivity contribution is 0.0911. The lowest BCUT2D eigenvalue weighted by Gasteiger charge is -2.12. The van der Waals surface area contributed by atoms with Crippen molar-refractivity contribution >= 4 is 33.3 Å². The van der Waals surface area contributed by atoms with E-state index in [9.17, 15) is 4.79 Å². The Morgan fingerprint density at radius 1 is 1.46 bits per heavy atom. The second-order valence-corrected chi connectivity index (χ2v) is 8.96. The standard InChI is InChI=1S/C16H20N6O2S2/c1-8-9(2)25-15-12(8)14(23)17-13(18-15)10(3)26-16-19-20-21-22(16)7-11-5-4-6-24-11/h10-11H,4-7H2,1-3H3,(H,17,18,23)/t10-,11-/m1/s1. The molecule has 8 nitrogen and oxygen atoms in total. The number of hydrogen-bond acceptors (Lipinski definition) is 8. The topological polar surface area (TPSA) is 98.6 Å². The molecule has 138 valence electrons. The zero-order valence-corrected chi connectivity index (χ0v) is 16.5. The largest absolute Gasteiger partial charge is 0.376 e. The van der Waals surface area contributed by atoms with Crippen LogP contribution < -0.4 is 5.56 Å². The van der Waals surface area contributed by atoms with Crippen molar-refractivity contribution in [3.8, 4) is 0 Å². The van der Waals surface area contributed by atoms with Gasteiger partial charge in [0.1, 0.15) is 10.7 Å². The van der Waals surface area contributed by atoms with Crippen molar-refractivity contribution in [2.45, 2.75) is 56.7 Å². The van der Waals surface area contributed by atoms with Gasteiger partial charge in [-0.2, -0.15) is 0 Å². The van der Waals surface area contributed by atoms with E-state index < -0.39 is 0 Å². The number of aromatic nitrogens is 6. The minimum atomic E-state index is -0.0850. The van der Waals surface area contributed by atoms with E-state index >= 15 is 0 Å². The highest BCUT2D eigenvalue weighted by molar-refractivity contribution is 7.99. The summed E-state index contributed by atoms with van der Waals surface area (Å²) >= 11 is 3.04. The minimum Gasteiger partial charge on any atom is -0.376 e. The molecule has 1 fully saturated rings. The molecule has 26 heavy (non-hydrogen) atoms. The molecule has 10 heteroatoms. The highest BCUT2D eigenvalue weighted by atomic mass is 32.2. The van der Waals surface area contributed by atoms with E-state index in [0.717, 1.165) is 34.7 Å². The van der Waals surface area contributed by atoms with Crippen LogP contribution in [-0.4, -0.2) is 42.9 Å². The molecule has 0 unspecified atom stereocenters. The smallest absolute Gasteiger partial charge is 0.259 e. The van der Waals surface area contributed by atoms with Gasteiger partial charge in [-0.3, -0.25) is 4.79 Å². The lowest BCUT2D eigenvalue weighted by Crippen LogP contribution is -2.17. The van der Waals surface area contributed by atoms with Gasteiger partial charge in [0.15, 0.2) is 0 Å². The molecule has 1 N–H and O–H groups in total. The summed E-state index contributed by atoms with van der Waals surface area (Å²) in [6.07, 6.45) is 2.28. The number of ether oxygens (including phenoxy) is 1. The van der Waals surface area contributed by atoms with Gasteiger partial charge in [-0.15, -0.1) is 16.4 Å². The van der Waals surface area contributed by atoms with E-state index in [0.29, 0.717) is 22.9 Å². The third-order valence-corrected chi connectivity index (χ3v) is 6.81. The first-order chi connectivity index (χ1) is 12.5. The van der Waals surface area contributed by atoms with Crippen LogP contribution in [-0.2, 0) is 11.3 Å². The number of thioether (sulfide) groups is 1. The van der Waals surface area contributed by atoms with Gasteiger partial charge in [-0.25, -0.2) is 9.67 Å². The number of tetrazole rings is 1. The van der Waals surface area contributed by atoms with Gasteiger partial charge in [0.25, 0.3) is 5.56 Å². The Balaban J connectivity index is 1.57. The number of hydrogen-bond donors (Lipinski definition) is 1. The number of aromatic amines is 1. The summed E-state index contributed by atoms with van der Waals surface area (Å²) in [5, 5.41) is 13.3. The van der Waals surface area contributed by atoms with Crippen molar-refractivity contribution in [2.24, 2.45) is 0 Å². The average Bonchev–Trinajstić information content (AvgIpc) is 3.32. The highest BCUT2D eigenvalue weighted by Gasteiger charge is 2.22. The molecule has 0 aromatic carbocycles. The first-order valence-corrected chi connectivity index (χ1v) is 10.3. The predicted molar refractivity (Wildman–Crippen MR) is 101 cm³/mol. The second-order valence-electron chi connectivity index (χ2n) is 6.45. The molecule has 4 heterocycles. The maximum Gasteiger partial charge on any atom is 0.259 e. The van der Waals surface area contributed by atoms with Crippen LogP contribution in [0.25, 0.3) is 10.2 Å². The highest BCUT2D eigenvalue weighted by Crippen LogP contribution is 2.33. The maximum atomic E-state index is 12.5. The average molecular weight is 393 g/mol. The summed E-state index contributed by atoms with van der Waals surface area (Å²) in [4.78, 5) is 22.0. The fourth-order valence-electron chi connectivity index (χ4n) is 3.05. The van der Waals surface area contributed by atoms with Crippen LogP contribution in [0.5, 0.6) is 0 Å². The predicted octanol–water partition coefficient (Wildman–Crippen LogP) is 2.62. The fourth-order valence-corrected chi connectivity index (χ4v) is 4.95. The molecule has 0 amide bonds. The van der Waals surface area contributed by atoms with Gasteiger partial charge in [-0.05, 0) is 49.6 Å². The molecule has 3 aromatic heterocycles. The number of nitrogens with zero attached hydrogens (tertiary/aromatic N) is 5. The summed E-state index contributed by atoms with van der Waals surface area (Å²) < 4.78 is 7.44. The first-order valence-electron chi connectivity index (χ1n) is 8.57. The van der Waals surface area contributed by atoms with Crippen LogP contribution in [0.4, 0.5) is 0 Å². The number of H-pyrrole nitrogens is 1. The molecule has 2 atom stereocenters. The summed E-state index contributed by atoms with van der Waals surface area (Å²) in [7, 11) is 0. The fraction of sp³-hybridized carbons (Fsp3) is 0.562. The number of nitrogens with one attached hydrogen (secondary N) is 1. The Labute approximate surface area is 158 Å². The molecule has 0 saturated carbocycles. The third kappa shape index (κ3) is 3.28. The Bertz CT molecular complexity index is 988. The van der Waals surface area contributed by atoms with Crippen molar-refractivity contribution < 1.29 is 4.74 Å². The van der Waals surface area contributed by atoms with Crippen LogP contribution in [0.2, 0.25) is 0 Å². The van der Waals surface area contributed by atoms with Crippen molar-refractivity contribution in [2.75, 3.05) is 6.61 Å². The van der Waals surface area contributed by atoms with Crippen LogP contribution in [0.3, 0.4) is 0 Å². The molecule has 0 aliphatic carbocycles. The molecule has 1 aliphatic heterocycles. The van der Waals surface area contributed by atoms with E-state index in [-0.39, 0.29) is 16.9 Å². The summed E-state index contributed by atoms with van der Waals surface area (Å²) in [5.41, 5.74) is 0.921. The quantitative estimate of drug-likeness (QED) is 0.666. The first kappa shape index (κ1) is 17.6. The molecular formula is C16H20N6O2S2. The summed E-state index contributed by atoms with van der Waals surface area (Å²) in [6.45, 7) is 7.42. The monoisotopic (exact) mass is 392 g/mol. The van der Waals surface area contributed by atoms with Gasteiger partial charge in [0.2, 0.25) is 5.16 Å². The van der Waals surface area contributed by atoms with Gasteiger partial charge in [0.05, 0.1) is 23.3 Å². The summed E-state index contributed by atoms with van der Waals surface area (Å²) in [6, 6.07) is 0. The Morgan fingerprint density at radius 2 is 2.31 bits per heavy atom. The molecule has 0 bridgehead atoms. The zero-order chi connectivity index (χ0) is 18.3. The van der Waals surface area contributed by atoms with Gasteiger partial charge in [-0.1, -0.05) is 11.8 Å². The van der Waals surface area contributed by atoms with Crippen LogP contribution in [0, 0.1) is 13.8 Å². The van der Waals surface area contributed by atoms with Crippen LogP contribution >= 0.6 is 23.1 Å². The maximum absolute atomic E-state index is 12.5. The van der Waals surface area contributed by atoms with Crippen molar-refractivity contribution in [1.29, 1.82) is 0 Å². The SMILES string of the molecule is Cc1sc2nc([C@@H](C)Sc3nnnn3C[C@H]3CCCO3)[nH]c(=O)c2c1C. The lowest BCUT2D eigenvalue weighted by atomic mass is 10.2. The van der Waals surface area contributed by atoms with Crippen molar-refractivity contribution in [3.63, 3.8) is 0 Å². The number of aryl methyl sites for hydroxylation is 2. The molecule has 4 rings (SSSR count). The van der Waals surface area contributed by atoms with Crippen molar-refractivity contribution in [3.05, 3.63) is 26.6 Å². The third-order valence-electron chi connectivity index (χ3n) is 4.62. The molecule has 0 radical (unpaired) electrons. The Hall–Kier alpha value is -1.78. The van der Waals surface area contributed by atoms with E-state index in [1.807, 2.05) is 20.8 Å². The number of thiophene rings is 1. The Morgan fingerprint density at radius 3 is 3.08 bits per heavy atom. The molecule has 0 spiro atoms. The number of rotatable bonds is 5.